The molecule has 0 bridgehead atoms. The fraction of sp³-hybridized carbons (Fsp3) is 0.619. The SMILES string of the molecule is CC1CCC(C)N1CCN1CCN(c2ncnc3ccc(S(C)(=O)=O)cc23)CC1. The van der Waals surface area contributed by atoms with Crippen LogP contribution in [-0.4, -0.2) is 85.8 Å². The van der Waals surface area contributed by atoms with Crippen LogP contribution in [0.15, 0.2) is 29.4 Å². The first-order valence-electron chi connectivity index (χ1n) is 10.5. The van der Waals surface area contributed by atoms with E-state index in [9.17, 15) is 8.42 Å². The van der Waals surface area contributed by atoms with Crippen LogP contribution in [-0.2, 0) is 9.84 Å². The molecule has 2 aliphatic rings. The quantitative estimate of drug-likeness (QED) is 0.737. The normalized spacial score (nSPS) is 24.4. The number of sulfone groups is 1. The summed E-state index contributed by atoms with van der Waals surface area (Å²) in [5.74, 6) is 0.835. The van der Waals surface area contributed by atoms with Crippen LogP contribution < -0.4 is 4.90 Å². The number of fused-ring (bicyclic) bond motifs is 1. The van der Waals surface area contributed by atoms with Gasteiger partial charge in [-0.2, -0.15) is 0 Å². The molecule has 1 aromatic carbocycles. The van der Waals surface area contributed by atoms with E-state index in [1.165, 1.54) is 19.1 Å². The van der Waals surface area contributed by atoms with Gasteiger partial charge in [-0.1, -0.05) is 0 Å². The first kappa shape index (κ1) is 20.5. The number of hydrogen-bond acceptors (Lipinski definition) is 7. The molecule has 2 fully saturated rings. The Morgan fingerprint density at radius 3 is 2.34 bits per heavy atom. The second-order valence-corrected chi connectivity index (χ2v) is 10.5. The zero-order valence-corrected chi connectivity index (χ0v) is 18.4. The average molecular weight is 418 g/mol. The zero-order valence-electron chi connectivity index (χ0n) is 17.6. The van der Waals surface area contributed by atoms with Crippen LogP contribution in [0.1, 0.15) is 26.7 Å². The van der Waals surface area contributed by atoms with E-state index in [-0.39, 0.29) is 0 Å². The summed E-state index contributed by atoms with van der Waals surface area (Å²) in [6.45, 7) is 10.7. The molecule has 0 saturated carbocycles. The molecule has 29 heavy (non-hydrogen) atoms. The third-order valence-electron chi connectivity index (χ3n) is 6.49. The van der Waals surface area contributed by atoms with Crippen LogP contribution in [0.25, 0.3) is 10.9 Å². The van der Waals surface area contributed by atoms with Gasteiger partial charge in [0.25, 0.3) is 0 Å². The molecule has 3 heterocycles. The highest BCUT2D eigenvalue weighted by atomic mass is 32.2. The first-order valence-corrected chi connectivity index (χ1v) is 12.4. The Kier molecular flexibility index (Phi) is 5.77. The summed E-state index contributed by atoms with van der Waals surface area (Å²) in [5, 5.41) is 0.809. The average Bonchev–Trinajstić information content (AvgIpc) is 3.03. The van der Waals surface area contributed by atoms with Crippen LogP contribution in [0.2, 0.25) is 0 Å². The first-order chi connectivity index (χ1) is 13.8. The number of likely N-dealkylation sites (tertiary alicyclic amines) is 1. The summed E-state index contributed by atoms with van der Waals surface area (Å²) in [7, 11) is -3.26. The third-order valence-corrected chi connectivity index (χ3v) is 7.60. The van der Waals surface area contributed by atoms with E-state index in [0.717, 1.165) is 56.0 Å². The fourth-order valence-corrected chi connectivity index (χ4v) is 5.28. The van der Waals surface area contributed by atoms with Crippen LogP contribution in [0.5, 0.6) is 0 Å². The molecule has 0 aliphatic carbocycles. The van der Waals surface area contributed by atoms with Crippen LogP contribution in [0.3, 0.4) is 0 Å². The van der Waals surface area contributed by atoms with Gasteiger partial charge in [0.1, 0.15) is 12.1 Å². The monoisotopic (exact) mass is 417 g/mol. The standard InChI is InChI=1S/C21H31N5O2S/c1-16-4-5-17(2)26(16)13-10-24-8-11-25(12-9-24)21-19-14-18(29(3,27)28)6-7-20(19)22-15-23-21/h6-7,14-17H,4-5,8-13H2,1-3H3. The summed E-state index contributed by atoms with van der Waals surface area (Å²) in [6, 6.07) is 6.49. The van der Waals surface area contributed by atoms with Crippen molar-refractivity contribution >= 4 is 26.6 Å². The van der Waals surface area contributed by atoms with E-state index in [1.807, 2.05) is 0 Å². The third kappa shape index (κ3) is 4.39. The lowest BCUT2D eigenvalue weighted by molar-refractivity contribution is 0.165. The summed E-state index contributed by atoms with van der Waals surface area (Å²) in [6.07, 6.45) is 5.43. The number of hydrogen-bond donors (Lipinski definition) is 0. The predicted molar refractivity (Wildman–Crippen MR) is 116 cm³/mol. The molecule has 7 nitrogen and oxygen atoms in total. The van der Waals surface area contributed by atoms with Crippen molar-refractivity contribution in [2.75, 3.05) is 50.4 Å². The molecule has 1 aromatic heterocycles. The molecule has 0 radical (unpaired) electrons. The topological polar surface area (TPSA) is 69.6 Å². The second-order valence-electron chi connectivity index (χ2n) is 8.49. The Morgan fingerprint density at radius 1 is 1.00 bits per heavy atom. The van der Waals surface area contributed by atoms with E-state index < -0.39 is 9.84 Å². The highest BCUT2D eigenvalue weighted by Gasteiger charge is 2.28. The smallest absolute Gasteiger partial charge is 0.175 e. The van der Waals surface area contributed by atoms with Crippen LogP contribution >= 0.6 is 0 Å². The van der Waals surface area contributed by atoms with E-state index in [2.05, 4.69) is 38.5 Å². The number of benzene rings is 1. The molecule has 2 atom stereocenters. The van der Waals surface area contributed by atoms with Crippen molar-refractivity contribution in [2.24, 2.45) is 0 Å². The Bertz CT molecular complexity index is 962. The minimum Gasteiger partial charge on any atom is -0.353 e. The second kappa shape index (κ2) is 8.16. The number of anilines is 1. The molecule has 0 spiro atoms. The van der Waals surface area contributed by atoms with Crippen molar-refractivity contribution in [3.05, 3.63) is 24.5 Å². The molecular weight excluding hydrogens is 386 g/mol. The predicted octanol–water partition coefficient (Wildman–Crippen LogP) is 2.03. The zero-order chi connectivity index (χ0) is 20.6. The van der Waals surface area contributed by atoms with E-state index in [1.54, 1.807) is 24.5 Å². The molecule has 158 valence electrons. The summed E-state index contributed by atoms with van der Waals surface area (Å²) in [5.41, 5.74) is 0.779. The Morgan fingerprint density at radius 2 is 1.69 bits per heavy atom. The van der Waals surface area contributed by atoms with Gasteiger partial charge in [0.15, 0.2) is 9.84 Å². The molecular formula is C21H31N5O2S. The molecule has 2 saturated heterocycles. The molecule has 2 aromatic rings. The van der Waals surface area contributed by atoms with Gasteiger partial charge in [-0.25, -0.2) is 18.4 Å². The lowest BCUT2D eigenvalue weighted by atomic mass is 10.2. The maximum absolute atomic E-state index is 12.0. The van der Waals surface area contributed by atoms with Gasteiger partial charge in [0, 0.05) is 63.0 Å². The van der Waals surface area contributed by atoms with Crippen LogP contribution in [0, 0.1) is 0 Å². The van der Waals surface area contributed by atoms with Crippen molar-refractivity contribution in [2.45, 2.75) is 43.7 Å². The highest BCUT2D eigenvalue weighted by Crippen LogP contribution is 2.27. The summed E-state index contributed by atoms with van der Waals surface area (Å²) in [4.78, 5) is 16.5. The van der Waals surface area contributed by atoms with Gasteiger partial charge in [-0.3, -0.25) is 9.80 Å². The van der Waals surface area contributed by atoms with Crippen molar-refractivity contribution in [1.82, 2.24) is 19.8 Å². The van der Waals surface area contributed by atoms with Gasteiger partial charge >= 0.3 is 0 Å². The number of aromatic nitrogens is 2. The fourth-order valence-electron chi connectivity index (χ4n) is 4.63. The lowest BCUT2D eigenvalue weighted by Crippen LogP contribution is -2.49. The molecule has 0 amide bonds. The minimum atomic E-state index is -3.26. The minimum absolute atomic E-state index is 0.313. The van der Waals surface area contributed by atoms with Crippen molar-refractivity contribution in [3.63, 3.8) is 0 Å². The van der Waals surface area contributed by atoms with E-state index >= 15 is 0 Å². The maximum atomic E-state index is 12.0. The Hall–Kier alpha value is -1.77. The van der Waals surface area contributed by atoms with Gasteiger partial charge in [-0.05, 0) is 44.9 Å². The van der Waals surface area contributed by atoms with Gasteiger partial charge in [0.05, 0.1) is 10.4 Å². The highest BCUT2D eigenvalue weighted by molar-refractivity contribution is 7.90. The van der Waals surface area contributed by atoms with Gasteiger partial charge in [0.2, 0.25) is 0 Å². The van der Waals surface area contributed by atoms with Crippen molar-refractivity contribution in [1.29, 1.82) is 0 Å². The summed E-state index contributed by atoms with van der Waals surface area (Å²) < 4.78 is 23.9. The van der Waals surface area contributed by atoms with Crippen LogP contribution in [0.4, 0.5) is 5.82 Å². The molecule has 8 heteroatoms. The van der Waals surface area contributed by atoms with Gasteiger partial charge in [-0.15, -0.1) is 0 Å². The largest absolute Gasteiger partial charge is 0.353 e. The Balaban J connectivity index is 1.44. The molecule has 2 unspecified atom stereocenters. The van der Waals surface area contributed by atoms with E-state index in [0.29, 0.717) is 17.0 Å². The molecule has 0 N–H and O–H groups in total. The lowest BCUT2D eigenvalue weighted by Gasteiger charge is -2.37. The summed E-state index contributed by atoms with van der Waals surface area (Å²) >= 11 is 0. The number of rotatable bonds is 5. The van der Waals surface area contributed by atoms with E-state index in [4.69, 9.17) is 0 Å². The van der Waals surface area contributed by atoms with Crippen molar-refractivity contribution in [3.8, 4) is 0 Å². The van der Waals surface area contributed by atoms with Gasteiger partial charge < -0.3 is 4.90 Å². The Labute approximate surface area is 173 Å². The number of piperazine rings is 1. The van der Waals surface area contributed by atoms with Crippen molar-refractivity contribution < 1.29 is 8.42 Å². The number of nitrogens with zero attached hydrogens (tertiary/aromatic N) is 5. The maximum Gasteiger partial charge on any atom is 0.175 e. The molecule has 4 rings (SSSR count). The molecule has 2 aliphatic heterocycles.